The molecule has 1 aromatic carbocycles. The van der Waals surface area contributed by atoms with Crippen LogP contribution < -0.4 is 15.8 Å². The number of rotatable bonds is 5. The molecule has 88 valence electrons. The van der Waals surface area contributed by atoms with Gasteiger partial charge in [0.2, 0.25) is 0 Å². The molecule has 0 bridgehead atoms. The number of benzene rings is 1. The molecule has 0 saturated heterocycles. The van der Waals surface area contributed by atoms with Gasteiger partial charge in [-0.25, -0.2) is 0 Å². The van der Waals surface area contributed by atoms with E-state index in [0.717, 1.165) is 11.1 Å². The van der Waals surface area contributed by atoms with Crippen LogP contribution in [0.4, 0.5) is 0 Å². The summed E-state index contributed by atoms with van der Waals surface area (Å²) in [7, 11) is 1.88. The quantitative estimate of drug-likeness (QED) is 0.785. The summed E-state index contributed by atoms with van der Waals surface area (Å²) >= 11 is 0. The molecular weight excluding hydrogens is 204 g/mol. The van der Waals surface area contributed by atoms with Gasteiger partial charge in [-0.2, -0.15) is 0 Å². The second kappa shape index (κ2) is 5.51. The summed E-state index contributed by atoms with van der Waals surface area (Å²) in [6.45, 7) is 3.92. The van der Waals surface area contributed by atoms with Crippen molar-refractivity contribution in [2.24, 2.45) is 5.73 Å². The highest BCUT2D eigenvalue weighted by Crippen LogP contribution is 2.26. The minimum absolute atomic E-state index is 0.0904. The minimum Gasteiger partial charge on any atom is -0.483 e. The molecular formula is C12H18N2O2. The van der Waals surface area contributed by atoms with Crippen LogP contribution >= 0.6 is 0 Å². The zero-order chi connectivity index (χ0) is 12.1. The summed E-state index contributed by atoms with van der Waals surface area (Å²) in [5.41, 5.74) is 7.17. The average molecular weight is 222 g/mol. The predicted molar refractivity (Wildman–Crippen MR) is 63.3 cm³/mol. The fourth-order valence-electron chi connectivity index (χ4n) is 1.43. The number of aryl methyl sites for hydroxylation is 1. The molecule has 0 spiro atoms. The summed E-state index contributed by atoms with van der Waals surface area (Å²) in [6.07, 6.45) is 0. The van der Waals surface area contributed by atoms with E-state index in [1.165, 1.54) is 0 Å². The molecule has 0 heterocycles. The summed E-state index contributed by atoms with van der Waals surface area (Å²) in [4.78, 5) is 10.7. The monoisotopic (exact) mass is 222 g/mol. The van der Waals surface area contributed by atoms with Gasteiger partial charge < -0.3 is 15.8 Å². The van der Waals surface area contributed by atoms with Crippen LogP contribution in [0.25, 0.3) is 0 Å². The molecule has 1 unspecified atom stereocenters. The number of primary amides is 1. The van der Waals surface area contributed by atoms with Gasteiger partial charge in [-0.1, -0.05) is 12.1 Å². The molecule has 4 nitrogen and oxygen atoms in total. The summed E-state index contributed by atoms with van der Waals surface area (Å²) in [5.74, 6) is 0.241. The lowest BCUT2D eigenvalue weighted by Gasteiger charge is -2.16. The van der Waals surface area contributed by atoms with Crippen molar-refractivity contribution in [1.29, 1.82) is 0 Å². The van der Waals surface area contributed by atoms with Gasteiger partial charge in [0.15, 0.2) is 6.61 Å². The Kier molecular flexibility index (Phi) is 4.31. The van der Waals surface area contributed by atoms with Gasteiger partial charge in [-0.3, -0.25) is 4.79 Å². The molecule has 1 rings (SSSR count). The Hall–Kier alpha value is -1.55. The Morgan fingerprint density at radius 3 is 2.81 bits per heavy atom. The Bertz CT molecular complexity index is 377. The number of carbonyl (C=O) groups excluding carboxylic acids is 1. The highest BCUT2D eigenvalue weighted by molar-refractivity contribution is 5.75. The first-order chi connectivity index (χ1) is 7.54. The molecule has 0 aliphatic carbocycles. The Balaban J connectivity index is 2.93. The zero-order valence-electron chi connectivity index (χ0n) is 9.91. The smallest absolute Gasteiger partial charge is 0.255 e. The van der Waals surface area contributed by atoms with Crippen molar-refractivity contribution in [3.63, 3.8) is 0 Å². The van der Waals surface area contributed by atoms with E-state index < -0.39 is 5.91 Å². The standard InChI is InChI=1S/C12H18N2O2/c1-8-4-5-10(9(2)14-3)11(6-8)16-7-12(13)15/h4-6,9,14H,7H2,1-3H3,(H2,13,15). The van der Waals surface area contributed by atoms with E-state index >= 15 is 0 Å². The first-order valence-electron chi connectivity index (χ1n) is 5.23. The van der Waals surface area contributed by atoms with E-state index in [-0.39, 0.29) is 12.6 Å². The third-order valence-electron chi connectivity index (χ3n) is 2.44. The van der Waals surface area contributed by atoms with Crippen LogP contribution in [0.3, 0.4) is 0 Å². The Morgan fingerprint density at radius 2 is 2.25 bits per heavy atom. The average Bonchev–Trinajstić information content (AvgIpc) is 2.25. The molecule has 0 aromatic heterocycles. The number of hydrogen-bond donors (Lipinski definition) is 2. The topological polar surface area (TPSA) is 64.3 Å². The number of hydrogen-bond acceptors (Lipinski definition) is 3. The van der Waals surface area contributed by atoms with Crippen LogP contribution in [0.2, 0.25) is 0 Å². The van der Waals surface area contributed by atoms with Gasteiger partial charge in [-0.15, -0.1) is 0 Å². The third kappa shape index (κ3) is 3.24. The minimum atomic E-state index is -0.468. The maximum atomic E-state index is 10.7. The van der Waals surface area contributed by atoms with Crippen molar-refractivity contribution < 1.29 is 9.53 Å². The van der Waals surface area contributed by atoms with Crippen molar-refractivity contribution >= 4 is 5.91 Å². The van der Waals surface area contributed by atoms with Crippen molar-refractivity contribution in [2.45, 2.75) is 19.9 Å². The van der Waals surface area contributed by atoms with E-state index in [0.29, 0.717) is 5.75 Å². The summed E-state index contributed by atoms with van der Waals surface area (Å²) < 4.78 is 5.39. The lowest BCUT2D eigenvalue weighted by molar-refractivity contribution is -0.119. The molecule has 1 aromatic rings. The van der Waals surface area contributed by atoms with Crippen LogP contribution in [-0.4, -0.2) is 19.6 Å². The molecule has 0 aliphatic heterocycles. The van der Waals surface area contributed by atoms with Crippen LogP contribution in [0.15, 0.2) is 18.2 Å². The van der Waals surface area contributed by atoms with Crippen molar-refractivity contribution in [3.8, 4) is 5.75 Å². The van der Waals surface area contributed by atoms with Crippen LogP contribution in [0.5, 0.6) is 5.75 Å². The predicted octanol–water partition coefficient (Wildman–Crippen LogP) is 1.14. The number of ether oxygens (including phenoxy) is 1. The van der Waals surface area contributed by atoms with Gasteiger partial charge in [-0.05, 0) is 32.5 Å². The maximum Gasteiger partial charge on any atom is 0.255 e. The van der Waals surface area contributed by atoms with E-state index in [2.05, 4.69) is 5.32 Å². The lowest BCUT2D eigenvalue weighted by atomic mass is 10.1. The third-order valence-corrected chi connectivity index (χ3v) is 2.44. The van der Waals surface area contributed by atoms with Gasteiger partial charge in [0.05, 0.1) is 0 Å². The van der Waals surface area contributed by atoms with Crippen molar-refractivity contribution in [3.05, 3.63) is 29.3 Å². The SMILES string of the molecule is CNC(C)c1ccc(C)cc1OCC(N)=O. The second-order valence-corrected chi connectivity index (χ2v) is 3.81. The molecule has 4 heteroatoms. The molecule has 0 aliphatic rings. The Morgan fingerprint density at radius 1 is 1.56 bits per heavy atom. The second-order valence-electron chi connectivity index (χ2n) is 3.81. The molecule has 1 amide bonds. The van der Waals surface area contributed by atoms with Gasteiger partial charge in [0.1, 0.15) is 5.75 Å². The van der Waals surface area contributed by atoms with Gasteiger partial charge in [0, 0.05) is 11.6 Å². The van der Waals surface area contributed by atoms with E-state index in [4.69, 9.17) is 10.5 Å². The van der Waals surface area contributed by atoms with Crippen LogP contribution in [0.1, 0.15) is 24.1 Å². The molecule has 0 fully saturated rings. The molecule has 1 atom stereocenters. The van der Waals surface area contributed by atoms with Crippen molar-refractivity contribution in [1.82, 2.24) is 5.32 Å². The summed E-state index contributed by atoms with van der Waals surface area (Å²) in [6, 6.07) is 6.09. The first-order valence-corrected chi connectivity index (χ1v) is 5.23. The highest BCUT2D eigenvalue weighted by atomic mass is 16.5. The van der Waals surface area contributed by atoms with Crippen molar-refractivity contribution in [2.75, 3.05) is 13.7 Å². The number of nitrogens with one attached hydrogen (secondary N) is 1. The zero-order valence-corrected chi connectivity index (χ0v) is 9.91. The normalized spacial score (nSPS) is 12.2. The van der Waals surface area contributed by atoms with Crippen LogP contribution in [0, 0.1) is 6.92 Å². The molecule has 0 radical (unpaired) electrons. The summed E-state index contributed by atoms with van der Waals surface area (Å²) in [5, 5.41) is 3.13. The van der Waals surface area contributed by atoms with E-state index in [1.54, 1.807) is 0 Å². The lowest BCUT2D eigenvalue weighted by Crippen LogP contribution is -2.21. The van der Waals surface area contributed by atoms with E-state index in [9.17, 15) is 4.79 Å². The maximum absolute atomic E-state index is 10.7. The number of carbonyl (C=O) groups is 1. The fraction of sp³-hybridized carbons (Fsp3) is 0.417. The first kappa shape index (κ1) is 12.5. The number of amides is 1. The largest absolute Gasteiger partial charge is 0.483 e. The van der Waals surface area contributed by atoms with Gasteiger partial charge in [0.25, 0.3) is 5.91 Å². The van der Waals surface area contributed by atoms with E-state index in [1.807, 2.05) is 39.1 Å². The number of nitrogens with two attached hydrogens (primary N) is 1. The highest BCUT2D eigenvalue weighted by Gasteiger charge is 2.10. The Labute approximate surface area is 95.8 Å². The van der Waals surface area contributed by atoms with Crippen LogP contribution in [-0.2, 0) is 4.79 Å². The van der Waals surface area contributed by atoms with Gasteiger partial charge >= 0.3 is 0 Å². The molecule has 0 saturated carbocycles. The fourth-order valence-corrected chi connectivity index (χ4v) is 1.43. The molecule has 16 heavy (non-hydrogen) atoms. The molecule has 3 N–H and O–H groups in total.